The van der Waals surface area contributed by atoms with E-state index in [9.17, 15) is 19.7 Å². The van der Waals surface area contributed by atoms with Crippen LogP contribution in [0.1, 0.15) is 41.2 Å². The SMILES string of the molecule is CCN(CC)C(=O)CN1CCN(C(=O)c2ccc(Cn3nc(C)c([N+](=O)[O-])c3C)cc2)CC1. The van der Waals surface area contributed by atoms with Crippen LogP contribution in [0.3, 0.4) is 0 Å². The van der Waals surface area contributed by atoms with Gasteiger partial charge in [-0.15, -0.1) is 0 Å². The van der Waals surface area contributed by atoms with Crippen LogP contribution >= 0.6 is 0 Å². The number of piperazine rings is 1. The summed E-state index contributed by atoms with van der Waals surface area (Å²) in [6, 6.07) is 7.28. The molecule has 2 amide bonds. The van der Waals surface area contributed by atoms with Crippen molar-refractivity contribution in [3.05, 3.63) is 56.9 Å². The lowest BCUT2D eigenvalue weighted by Gasteiger charge is -2.35. The molecule has 0 spiro atoms. The number of amides is 2. The Morgan fingerprint density at radius 1 is 1.06 bits per heavy atom. The molecule has 0 bridgehead atoms. The van der Waals surface area contributed by atoms with Gasteiger partial charge in [-0.2, -0.15) is 5.10 Å². The number of carbonyl (C=O) groups is 2. The summed E-state index contributed by atoms with van der Waals surface area (Å²) < 4.78 is 1.61. The smallest absolute Gasteiger partial charge is 0.312 e. The molecule has 2 heterocycles. The molecular weight excluding hydrogens is 424 g/mol. The van der Waals surface area contributed by atoms with Gasteiger partial charge in [0.2, 0.25) is 5.91 Å². The molecule has 1 aromatic heterocycles. The summed E-state index contributed by atoms with van der Waals surface area (Å²) in [4.78, 5) is 41.8. The largest absolute Gasteiger partial charge is 0.342 e. The van der Waals surface area contributed by atoms with Crippen molar-refractivity contribution in [1.29, 1.82) is 0 Å². The van der Waals surface area contributed by atoms with Crippen molar-refractivity contribution in [3.8, 4) is 0 Å². The lowest BCUT2D eigenvalue weighted by molar-refractivity contribution is -0.386. The molecule has 0 unspecified atom stereocenters. The lowest BCUT2D eigenvalue weighted by Crippen LogP contribution is -2.51. The number of likely N-dealkylation sites (N-methyl/N-ethyl adjacent to an activating group) is 1. The zero-order valence-electron chi connectivity index (χ0n) is 19.8. The maximum Gasteiger partial charge on any atom is 0.312 e. The Morgan fingerprint density at radius 3 is 2.18 bits per heavy atom. The molecule has 0 atom stereocenters. The van der Waals surface area contributed by atoms with Gasteiger partial charge in [-0.25, -0.2) is 0 Å². The van der Waals surface area contributed by atoms with Gasteiger partial charge in [-0.3, -0.25) is 29.3 Å². The Labute approximate surface area is 193 Å². The fourth-order valence-electron chi connectivity index (χ4n) is 4.19. The second-order valence-corrected chi connectivity index (χ2v) is 8.27. The molecular formula is C23H32N6O4. The first kappa shape index (κ1) is 24.4. The third-order valence-corrected chi connectivity index (χ3v) is 6.19. The van der Waals surface area contributed by atoms with E-state index >= 15 is 0 Å². The molecule has 10 heteroatoms. The van der Waals surface area contributed by atoms with Crippen LogP contribution in [0.25, 0.3) is 0 Å². The highest BCUT2D eigenvalue weighted by molar-refractivity contribution is 5.94. The molecule has 1 aromatic carbocycles. The number of benzene rings is 1. The predicted octanol–water partition coefficient (Wildman–Crippen LogP) is 2.08. The van der Waals surface area contributed by atoms with E-state index in [0.717, 1.165) is 5.56 Å². The highest BCUT2D eigenvalue weighted by Crippen LogP contribution is 2.22. The van der Waals surface area contributed by atoms with E-state index in [0.29, 0.717) is 69.3 Å². The Morgan fingerprint density at radius 2 is 1.67 bits per heavy atom. The van der Waals surface area contributed by atoms with Crippen molar-refractivity contribution in [1.82, 2.24) is 24.5 Å². The third kappa shape index (κ3) is 5.57. The molecule has 0 aliphatic carbocycles. The number of hydrogen-bond donors (Lipinski definition) is 0. The van der Waals surface area contributed by atoms with Crippen molar-refractivity contribution in [2.75, 3.05) is 45.8 Å². The fraction of sp³-hybridized carbons (Fsp3) is 0.522. The number of carbonyl (C=O) groups excluding carboxylic acids is 2. The Kier molecular flexibility index (Phi) is 7.80. The van der Waals surface area contributed by atoms with E-state index in [1.165, 1.54) is 0 Å². The highest BCUT2D eigenvalue weighted by atomic mass is 16.6. The van der Waals surface area contributed by atoms with Gasteiger partial charge < -0.3 is 9.80 Å². The lowest BCUT2D eigenvalue weighted by atomic mass is 10.1. The van der Waals surface area contributed by atoms with Crippen molar-refractivity contribution >= 4 is 17.5 Å². The normalized spacial score (nSPS) is 14.4. The summed E-state index contributed by atoms with van der Waals surface area (Å²) in [6.07, 6.45) is 0. The van der Waals surface area contributed by atoms with E-state index in [-0.39, 0.29) is 17.5 Å². The number of hydrogen-bond acceptors (Lipinski definition) is 6. The summed E-state index contributed by atoms with van der Waals surface area (Å²) >= 11 is 0. The standard InChI is InChI=1S/C23H32N6O4/c1-5-26(6-2)21(30)16-25-11-13-27(14-12-25)23(31)20-9-7-19(8-10-20)15-28-18(4)22(29(32)33)17(3)24-28/h7-10H,5-6,11-16H2,1-4H3. The van der Waals surface area contributed by atoms with Gasteiger partial charge >= 0.3 is 5.69 Å². The van der Waals surface area contributed by atoms with Gasteiger partial charge in [0.15, 0.2) is 0 Å². The molecule has 0 radical (unpaired) electrons. The molecule has 10 nitrogen and oxygen atoms in total. The monoisotopic (exact) mass is 456 g/mol. The third-order valence-electron chi connectivity index (χ3n) is 6.19. The average molecular weight is 457 g/mol. The van der Waals surface area contributed by atoms with E-state index < -0.39 is 4.92 Å². The summed E-state index contributed by atoms with van der Waals surface area (Å²) in [5, 5.41) is 15.5. The molecule has 1 aliphatic rings. The maximum atomic E-state index is 12.9. The first-order chi connectivity index (χ1) is 15.7. The van der Waals surface area contributed by atoms with Gasteiger partial charge in [-0.05, 0) is 45.4 Å². The number of nitrogens with zero attached hydrogens (tertiary/aromatic N) is 6. The molecule has 0 N–H and O–H groups in total. The quantitative estimate of drug-likeness (QED) is 0.445. The van der Waals surface area contributed by atoms with Gasteiger partial charge in [0.1, 0.15) is 11.4 Å². The number of aryl methyl sites for hydroxylation is 1. The molecule has 33 heavy (non-hydrogen) atoms. The van der Waals surface area contributed by atoms with Crippen LogP contribution < -0.4 is 0 Å². The molecule has 3 rings (SSSR count). The second-order valence-electron chi connectivity index (χ2n) is 8.27. The zero-order valence-corrected chi connectivity index (χ0v) is 19.8. The molecule has 0 saturated carbocycles. The maximum absolute atomic E-state index is 12.9. The van der Waals surface area contributed by atoms with Crippen molar-refractivity contribution in [2.45, 2.75) is 34.2 Å². The summed E-state index contributed by atoms with van der Waals surface area (Å²) in [7, 11) is 0. The van der Waals surface area contributed by atoms with E-state index in [2.05, 4.69) is 10.00 Å². The predicted molar refractivity (Wildman–Crippen MR) is 124 cm³/mol. The van der Waals surface area contributed by atoms with E-state index in [1.54, 1.807) is 30.7 Å². The van der Waals surface area contributed by atoms with Crippen molar-refractivity contribution in [2.24, 2.45) is 0 Å². The van der Waals surface area contributed by atoms with Gasteiger partial charge in [-0.1, -0.05) is 12.1 Å². The first-order valence-electron chi connectivity index (χ1n) is 11.3. The minimum absolute atomic E-state index is 0.0296. The minimum Gasteiger partial charge on any atom is -0.342 e. The fourth-order valence-corrected chi connectivity index (χ4v) is 4.19. The number of nitro groups is 1. The van der Waals surface area contributed by atoms with Crippen LogP contribution in [0, 0.1) is 24.0 Å². The Bertz CT molecular complexity index is 1000. The highest BCUT2D eigenvalue weighted by Gasteiger charge is 2.25. The van der Waals surface area contributed by atoms with Crippen molar-refractivity contribution < 1.29 is 14.5 Å². The minimum atomic E-state index is -0.408. The molecule has 178 valence electrons. The van der Waals surface area contributed by atoms with Crippen LogP contribution in [0.4, 0.5) is 5.69 Å². The van der Waals surface area contributed by atoms with Crippen LogP contribution in [0.2, 0.25) is 0 Å². The van der Waals surface area contributed by atoms with Gasteiger partial charge in [0, 0.05) is 44.8 Å². The summed E-state index contributed by atoms with van der Waals surface area (Å²) in [6.45, 7) is 12.0. The van der Waals surface area contributed by atoms with Crippen molar-refractivity contribution in [3.63, 3.8) is 0 Å². The molecule has 1 fully saturated rings. The molecule has 1 aliphatic heterocycles. The van der Waals surface area contributed by atoms with Gasteiger partial charge in [0.05, 0.1) is 18.0 Å². The second kappa shape index (κ2) is 10.6. The van der Waals surface area contributed by atoms with Crippen LogP contribution in [-0.2, 0) is 11.3 Å². The average Bonchev–Trinajstić information content (AvgIpc) is 3.08. The molecule has 1 saturated heterocycles. The Balaban J connectivity index is 1.56. The number of rotatable bonds is 8. The van der Waals surface area contributed by atoms with Gasteiger partial charge in [0.25, 0.3) is 5.91 Å². The Hall–Kier alpha value is -3.27. The topological polar surface area (TPSA) is 105 Å². The van der Waals surface area contributed by atoms with E-state index in [1.807, 2.05) is 35.8 Å². The number of aromatic nitrogens is 2. The summed E-state index contributed by atoms with van der Waals surface area (Å²) in [5.41, 5.74) is 2.45. The first-order valence-corrected chi connectivity index (χ1v) is 11.3. The van der Waals surface area contributed by atoms with Crippen LogP contribution in [-0.4, -0.2) is 87.0 Å². The molecule has 2 aromatic rings. The zero-order chi connectivity index (χ0) is 24.1. The van der Waals surface area contributed by atoms with Crippen LogP contribution in [0.15, 0.2) is 24.3 Å². The van der Waals surface area contributed by atoms with Crippen LogP contribution in [0.5, 0.6) is 0 Å². The summed E-state index contributed by atoms with van der Waals surface area (Å²) in [5.74, 6) is 0.0985. The van der Waals surface area contributed by atoms with E-state index in [4.69, 9.17) is 0 Å².